The third-order valence-corrected chi connectivity index (χ3v) is 14.7. The lowest BCUT2D eigenvalue weighted by molar-refractivity contribution is -0.139. The molecule has 504 valence electrons. The molecule has 0 spiro atoms. The van der Waals surface area contributed by atoms with Crippen LogP contribution in [0.3, 0.4) is 0 Å². The Bertz CT molecular complexity index is 6590. The van der Waals surface area contributed by atoms with Gasteiger partial charge in [-0.3, -0.25) is 48.2 Å². The maximum Gasteiger partial charge on any atom is 0.343 e. The largest absolute Gasteiger partial charge is 0.423 e. The monoisotopic (exact) mass is 1400 g/mol. The minimum atomic E-state index is -1.04. The molecular weight excluding hydrogens is 1370 g/mol. The molecule has 108 heavy (non-hydrogen) atoms. The first-order valence-corrected chi connectivity index (χ1v) is 30.7. The van der Waals surface area contributed by atoms with E-state index in [2.05, 4.69) is 201 Å². The Labute approximate surface area is 611 Å². The molecule has 20 nitrogen and oxygen atoms in total. The summed E-state index contributed by atoms with van der Waals surface area (Å²) < 4.78 is 22.1. The average Bonchev–Trinajstić information content (AvgIpc) is 1.59. The van der Waals surface area contributed by atoms with Crippen LogP contribution in [0.15, 0.2) is 333 Å². The SMILES string of the molecule is C=C=C=C=C=C=C=C=C=C=C=C=C=C=C=C=C=C=C=C=C=C=C=C=C=C=C=C=C=C=C=C=C=C=C=C(N1C(=O)C(C)=C(C)C1=O)N1C(=O)c2ccc(C(=O)Oc3ccc(C(=O)Oc4ccc(OC(=O)c5ccc(OC(=O)c6ccc7c(c6)C(=O)N(CN6C(=O)C(C)=C(C)C6=O)C7=O)cc5)cc4C)cc3)cc2C1=O. The van der Waals surface area contributed by atoms with Gasteiger partial charge in [-0.05, 0) is 247 Å². The molecular formula is C88H36N4O16. The van der Waals surface area contributed by atoms with Crippen molar-refractivity contribution in [2.75, 3.05) is 6.67 Å². The molecule has 0 aromatic heterocycles. The van der Waals surface area contributed by atoms with Gasteiger partial charge in [-0.25, -0.2) is 29.0 Å². The van der Waals surface area contributed by atoms with E-state index in [0.717, 1.165) is 15.9 Å². The molecule has 20 heteroatoms. The van der Waals surface area contributed by atoms with Crippen LogP contribution in [0.4, 0.5) is 0 Å². The van der Waals surface area contributed by atoms with Crippen LogP contribution < -0.4 is 18.9 Å². The first-order valence-electron chi connectivity index (χ1n) is 30.7. The molecule has 4 aliphatic heterocycles. The van der Waals surface area contributed by atoms with Crippen LogP contribution in [-0.4, -0.2) is 97.4 Å². The summed E-state index contributed by atoms with van der Waals surface area (Å²) >= 11 is 0. The number of nitrogens with zero attached hydrogens (tertiary/aromatic N) is 4. The Kier molecular flexibility index (Phi) is 24.4. The van der Waals surface area contributed by atoms with Gasteiger partial charge in [-0.2, -0.15) is 0 Å². The Hall–Kier alpha value is -17.7. The molecule has 4 heterocycles. The quantitative estimate of drug-likeness (QED) is 0.0487. The van der Waals surface area contributed by atoms with Crippen molar-refractivity contribution < 1.29 is 76.5 Å². The Morgan fingerprint density at radius 1 is 0.296 bits per heavy atom. The van der Waals surface area contributed by atoms with Crippen molar-refractivity contribution in [1.82, 2.24) is 19.6 Å². The predicted molar refractivity (Wildman–Crippen MR) is 372 cm³/mol. The van der Waals surface area contributed by atoms with Gasteiger partial charge < -0.3 is 18.9 Å². The predicted octanol–water partition coefficient (Wildman–Crippen LogP) is 11.2. The van der Waals surface area contributed by atoms with Crippen molar-refractivity contribution >= 4 is 71.1 Å². The van der Waals surface area contributed by atoms with E-state index < -0.39 is 83.6 Å². The first-order chi connectivity index (χ1) is 52.2. The summed E-state index contributed by atoms with van der Waals surface area (Å²) in [6.07, 6.45) is 0. The zero-order valence-corrected chi connectivity index (χ0v) is 56.5. The highest BCUT2D eigenvalue weighted by molar-refractivity contribution is 6.26. The summed E-state index contributed by atoms with van der Waals surface area (Å²) in [6, 6.07) is 22.0. The zero-order valence-electron chi connectivity index (χ0n) is 56.5. The van der Waals surface area contributed by atoms with E-state index in [4.69, 9.17) is 18.9 Å². The lowest BCUT2D eigenvalue weighted by Gasteiger charge is -2.22. The van der Waals surface area contributed by atoms with Gasteiger partial charge >= 0.3 is 23.9 Å². The van der Waals surface area contributed by atoms with E-state index in [9.17, 15) is 57.5 Å². The maximum atomic E-state index is 14.1. The molecule has 0 unspecified atom stereocenters. The average molecular weight is 1410 g/mol. The highest BCUT2D eigenvalue weighted by Gasteiger charge is 2.46. The molecule has 5 aromatic carbocycles. The van der Waals surface area contributed by atoms with Crippen molar-refractivity contribution in [3.8, 4) is 23.0 Å². The van der Waals surface area contributed by atoms with Gasteiger partial charge in [0.1, 0.15) is 29.7 Å². The lowest BCUT2D eigenvalue weighted by atomic mass is 10.1. The number of hydrogen-bond acceptors (Lipinski definition) is 16. The molecule has 9 rings (SSSR count). The molecule has 0 saturated heterocycles. The van der Waals surface area contributed by atoms with E-state index >= 15 is 0 Å². The highest BCUT2D eigenvalue weighted by Crippen LogP contribution is 2.34. The van der Waals surface area contributed by atoms with E-state index in [1.165, 1.54) is 125 Å². The van der Waals surface area contributed by atoms with E-state index in [0.29, 0.717) is 15.4 Å². The number of carbonyl (C=O) groups excluding carboxylic acids is 12. The first kappa shape index (κ1) is 74.5. The summed E-state index contributed by atoms with van der Waals surface area (Å²) in [5.74, 6) is -10.5. The Balaban J connectivity index is 0.803. The van der Waals surface area contributed by atoms with Crippen LogP contribution >= 0.6 is 0 Å². The van der Waals surface area contributed by atoms with Crippen molar-refractivity contribution in [1.29, 1.82) is 0 Å². The van der Waals surface area contributed by atoms with Gasteiger partial charge in [0.25, 0.3) is 47.3 Å². The highest BCUT2D eigenvalue weighted by atomic mass is 16.5. The van der Waals surface area contributed by atoms with Crippen LogP contribution in [0.2, 0.25) is 0 Å². The molecule has 0 radical (unpaired) electrons. The number of rotatable bonds is 12. The fraction of sp³-hybridized carbons (Fsp3) is 0.0682. The summed E-state index contributed by atoms with van der Waals surface area (Å²) in [6.45, 7) is 10.0. The molecule has 0 aliphatic carbocycles. The Morgan fingerprint density at radius 3 is 0.981 bits per heavy atom. The molecule has 0 fully saturated rings. The van der Waals surface area contributed by atoms with Gasteiger partial charge in [-0.1, -0.05) is 5.73 Å². The standard InChI is InChI=1S/C88H36N4O16/c1-7-8-9-10-11-12-13-14-15-16-17-18-19-20-21-22-23-24-25-26-27-28-29-30-31-32-33-34-35-36-37-38-39-40-76(91-79(95)62(5)63(6)80(91)96)92-83(99)72-53-46-67(57-74(72)84(92)100)88(104)106-69-49-43-65(44-50-69)86(102)108-75-54-51-70(55-59(75)2)107-85(101)64-41-47-68(48-42-64)105-87(103)66-45-52-71-73(56-66)82(98)90(81(71)97)58-89-77(93)60(3)61(4)78(89)94/h41-57H,1,58H2,2-6H3. The van der Waals surface area contributed by atoms with Crippen LogP contribution in [0, 0.1) is 6.92 Å². The number of hydrogen-bond donors (Lipinski definition) is 0. The number of imide groups is 4. The van der Waals surface area contributed by atoms with E-state index in [1.54, 1.807) is 6.92 Å². The second-order valence-electron chi connectivity index (χ2n) is 21.3. The van der Waals surface area contributed by atoms with Gasteiger partial charge in [0.2, 0.25) is 0 Å². The van der Waals surface area contributed by atoms with Gasteiger partial charge in [0, 0.05) is 114 Å². The van der Waals surface area contributed by atoms with Gasteiger partial charge in [0.15, 0.2) is 5.82 Å². The number of fused-ring (bicyclic) bond motifs is 2. The van der Waals surface area contributed by atoms with E-state index in [1.807, 2.05) is 0 Å². The topological polar surface area (TPSA) is 255 Å². The molecule has 0 atom stereocenters. The summed E-state index contributed by atoms with van der Waals surface area (Å²) in [5, 5.41) is 0. The second-order valence-corrected chi connectivity index (χ2v) is 21.3. The number of ether oxygens (including phenoxy) is 4. The fourth-order valence-electron chi connectivity index (χ4n) is 9.19. The fourth-order valence-corrected chi connectivity index (χ4v) is 9.19. The van der Waals surface area contributed by atoms with Crippen molar-refractivity contribution in [3.05, 3.63) is 383 Å². The molecule has 4 aliphatic rings. The second kappa shape index (κ2) is 35.4. The van der Waals surface area contributed by atoms with Crippen molar-refractivity contribution in [3.63, 3.8) is 0 Å². The van der Waals surface area contributed by atoms with Crippen LogP contribution in [-0.2, 0) is 19.2 Å². The lowest BCUT2D eigenvalue weighted by Crippen LogP contribution is -2.44. The number of esters is 4. The van der Waals surface area contributed by atoms with Gasteiger partial charge in [-0.15, -0.1) is 0 Å². The van der Waals surface area contributed by atoms with Crippen molar-refractivity contribution in [2.24, 2.45) is 0 Å². The molecule has 0 saturated carbocycles. The minimum Gasteiger partial charge on any atom is -0.423 e. The van der Waals surface area contributed by atoms with Crippen molar-refractivity contribution in [2.45, 2.75) is 34.6 Å². The van der Waals surface area contributed by atoms with Crippen LogP contribution in [0.1, 0.15) is 116 Å². The minimum absolute atomic E-state index is 0.0150. The van der Waals surface area contributed by atoms with E-state index in [-0.39, 0.29) is 89.8 Å². The summed E-state index contributed by atoms with van der Waals surface area (Å²) in [7, 11) is 0. The van der Waals surface area contributed by atoms with Crippen LogP contribution in [0.25, 0.3) is 0 Å². The van der Waals surface area contributed by atoms with Gasteiger partial charge in [0.05, 0.1) is 44.5 Å². The van der Waals surface area contributed by atoms with Crippen LogP contribution in [0.5, 0.6) is 23.0 Å². The number of aryl methyl sites for hydroxylation is 1. The number of benzene rings is 5. The molecule has 5 aromatic rings. The smallest absolute Gasteiger partial charge is 0.343 e. The number of carbonyl (C=O) groups is 12. The zero-order chi connectivity index (χ0) is 77.2. The summed E-state index contributed by atoms with van der Waals surface area (Å²) in [5.41, 5.74) is 83.7. The third-order valence-electron chi connectivity index (χ3n) is 14.7. The Morgan fingerprint density at radius 2 is 0.583 bits per heavy atom. The molecule has 0 bridgehead atoms. The third kappa shape index (κ3) is 18.2. The normalized spacial score (nSPS) is 11.6. The maximum absolute atomic E-state index is 14.1. The summed E-state index contributed by atoms with van der Waals surface area (Å²) in [4.78, 5) is 162. The molecule has 0 N–H and O–H groups in total. The number of amides is 8. The molecule has 8 amide bonds.